The zero-order chi connectivity index (χ0) is 19.5. The van der Waals surface area contributed by atoms with Crippen molar-refractivity contribution in [3.05, 3.63) is 41.7 Å². The Balaban J connectivity index is 0.00000392. The van der Waals surface area contributed by atoms with Crippen LogP contribution in [0.1, 0.15) is 31.5 Å². The van der Waals surface area contributed by atoms with Gasteiger partial charge < -0.3 is 20.1 Å². The van der Waals surface area contributed by atoms with Crippen LogP contribution in [-0.4, -0.2) is 42.5 Å². The van der Waals surface area contributed by atoms with Gasteiger partial charge >= 0.3 is 0 Å². The van der Waals surface area contributed by atoms with E-state index in [4.69, 9.17) is 9.47 Å². The summed E-state index contributed by atoms with van der Waals surface area (Å²) in [6, 6.07) is 8.09. The van der Waals surface area contributed by atoms with E-state index in [9.17, 15) is 0 Å². The summed E-state index contributed by atoms with van der Waals surface area (Å²) >= 11 is 0. The van der Waals surface area contributed by atoms with Gasteiger partial charge in [-0.05, 0) is 50.5 Å². The van der Waals surface area contributed by atoms with Gasteiger partial charge in [0.2, 0.25) is 0 Å². The van der Waals surface area contributed by atoms with E-state index in [1.54, 1.807) is 13.3 Å². The molecule has 0 unspecified atom stereocenters. The molecule has 2 rings (SSSR count). The first kappa shape index (κ1) is 24.1. The standard InChI is InChI=1S/C20H31N5O2.HI/c1-5-21-20(23-15-17-11-13-24-25(17)3)22-12-7-8-16-9-10-18(26-4)19(14-16)27-6-2;/h9-11,13-14H,5-8,12,15H2,1-4H3,(H2,21,22,23);1H. The molecule has 7 nitrogen and oxygen atoms in total. The third-order valence-corrected chi connectivity index (χ3v) is 4.13. The minimum atomic E-state index is 0. The summed E-state index contributed by atoms with van der Waals surface area (Å²) in [4.78, 5) is 4.62. The van der Waals surface area contributed by atoms with Crippen LogP contribution in [-0.2, 0) is 20.0 Å². The molecule has 0 aliphatic heterocycles. The molecule has 2 aromatic rings. The molecule has 156 valence electrons. The van der Waals surface area contributed by atoms with Crippen molar-refractivity contribution in [3.8, 4) is 11.5 Å². The molecule has 8 heteroatoms. The summed E-state index contributed by atoms with van der Waals surface area (Å²) in [7, 11) is 3.59. The van der Waals surface area contributed by atoms with E-state index in [0.29, 0.717) is 13.2 Å². The molecule has 0 aliphatic rings. The lowest BCUT2D eigenvalue weighted by molar-refractivity contribution is 0.310. The van der Waals surface area contributed by atoms with E-state index in [0.717, 1.165) is 49.1 Å². The second-order valence-electron chi connectivity index (χ2n) is 6.09. The first-order valence-corrected chi connectivity index (χ1v) is 9.46. The van der Waals surface area contributed by atoms with Crippen LogP contribution in [0.15, 0.2) is 35.5 Å². The Morgan fingerprint density at radius 2 is 2.00 bits per heavy atom. The summed E-state index contributed by atoms with van der Waals surface area (Å²) in [5.74, 6) is 2.40. The molecule has 0 saturated heterocycles. The van der Waals surface area contributed by atoms with Crippen molar-refractivity contribution < 1.29 is 9.47 Å². The Morgan fingerprint density at radius 1 is 1.18 bits per heavy atom. The molecule has 0 spiro atoms. The van der Waals surface area contributed by atoms with Gasteiger partial charge in [-0.3, -0.25) is 4.68 Å². The Labute approximate surface area is 184 Å². The largest absolute Gasteiger partial charge is 0.493 e. The highest BCUT2D eigenvalue weighted by molar-refractivity contribution is 14.0. The molecule has 0 atom stereocenters. The van der Waals surface area contributed by atoms with E-state index in [1.165, 1.54) is 5.56 Å². The van der Waals surface area contributed by atoms with Crippen LogP contribution in [0.2, 0.25) is 0 Å². The minimum Gasteiger partial charge on any atom is -0.493 e. The summed E-state index contributed by atoms with van der Waals surface area (Å²) in [5.41, 5.74) is 2.31. The monoisotopic (exact) mass is 501 g/mol. The molecule has 28 heavy (non-hydrogen) atoms. The summed E-state index contributed by atoms with van der Waals surface area (Å²) in [6.45, 7) is 6.93. The lowest BCUT2D eigenvalue weighted by Crippen LogP contribution is -2.37. The van der Waals surface area contributed by atoms with E-state index < -0.39 is 0 Å². The van der Waals surface area contributed by atoms with Crippen molar-refractivity contribution in [2.75, 3.05) is 26.8 Å². The third-order valence-electron chi connectivity index (χ3n) is 4.13. The number of halogens is 1. The van der Waals surface area contributed by atoms with Crippen molar-refractivity contribution in [3.63, 3.8) is 0 Å². The van der Waals surface area contributed by atoms with E-state index in [2.05, 4.69) is 39.8 Å². The molecular weight excluding hydrogens is 469 g/mol. The maximum absolute atomic E-state index is 5.65. The van der Waals surface area contributed by atoms with Gasteiger partial charge in [0.25, 0.3) is 0 Å². The molecule has 0 aliphatic carbocycles. The third kappa shape index (κ3) is 7.57. The number of aromatic nitrogens is 2. The number of aliphatic imine (C=N–C) groups is 1. The van der Waals surface area contributed by atoms with Gasteiger partial charge in [0, 0.05) is 26.3 Å². The molecule has 0 amide bonds. The number of benzene rings is 1. The van der Waals surface area contributed by atoms with Crippen LogP contribution in [0.3, 0.4) is 0 Å². The fourth-order valence-corrected chi connectivity index (χ4v) is 2.70. The van der Waals surface area contributed by atoms with E-state index >= 15 is 0 Å². The second-order valence-corrected chi connectivity index (χ2v) is 6.09. The summed E-state index contributed by atoms with van der Waals surface area (Å²) in [5, 5.41) is 10.8. The molecule has 0 bridgehead atoms. The van der Waals surface area contributed by atoms with Crippen LogP contribution in [0.4, 0.5) is 0 Å². The summed E-state index contributed by atoms with van der Waals surface area (Å²) < 4.78 is 12.8. The minimum absolute atomic E-state index is 0. The number of methoxy groups -OCH3 is 1. The first-order chi connectivity index (χ1) is 13.2. The van der Waals surface area contributed by atoms with Crippen LogP contribution >= 0.6 is 24.0 Å². The molecular formula is C20H32IN5O2. The number of hydrogen-bond acceptors (Lipinski definition) is 4. The van der Waals surface area contributed by atoms with Crippen molar-refractivity contribution in [2.45, 2.75) is 33.2 Å². The number of nitrogens with one attached hydrogen (secondary N) is 2. The smallest absolute Gasteiger partial charge is 0.191 e. The number of ether oxygens (including phenoxy) is 2. The SMILES string of the molecule is CCNC(=NCc1ccnn1C)NCCCc1ccc(OC)c(OCC)c1.I. The maximum atomic E-state index is 5.65. The molecule has 0 radical (unpaired) electrons. The Morgan fingerprint density at radius 3 is 2.64 bits per heavy atom. The molecule has 1 aromatic heterocycles. The van der Waals surface area contributed by atoms with Gasteiger partial charge in [-0.1, -0.05) is 6.07 Å². The van der Waals surface area contributed by atoms with Crippen molar-refractivity contribution in [1.29, 1.82) is 0 Å². The Kier molecular flexibility index (Phi) is 11.4. The van der Waals surface area contributed by atoms with E-state index in [-0.39, 0.29) is 24.0 Å². The molecule has 0 saturated carbocycles. The van der Waals surface area contributed by atoms with Gasteiger partial charge in [-0.25, -0.2) is 4.99 Å². The molecule has 1 heterocycles. The normalized spacial score (nSPS) is 10.9. The maximum Gasteiger partial charge on any atom is 0.191 e. The van der Waals surface area contributed by atoms with Crippen LogP contribution in [0.5, 0.6) is 11.5 Å². The highest BCUT2D eigenvalue weighted by atomic mass is 127. The average molecular weight is 501 g/mol. The van der Waals surface area contributed by atoms with Gasteiger partial charge in [0.1, 0.15) is 0 Å². The van der Waals surface area contributed by atoms with Crippen molar-refractivity contribution in [1.82, 2.24) is 20.4 Å². The lowest BCUT2D eigenvalue weighted by Gasteiger charge is -2.13. The fourth-order valence-electron chi connectivity index (χ4n) is 2.70. The topological polar surface area (TPSA) is 72.7 Å². The number of guanidine groups is 1. The Bertz CT molecular complexity index is 733. The highest BCUT2D eigenvalue weighted by Crippen LogP contribution is 2.28. The predicted molar refractivity (Wildman–Crippen MR) is 124 cm³/mol. The van der Waals surface area contributed by atoms with Gasteiger partial charge in [-0.2, -0.15) is 5.10 Å². The number of hydrogen-bond donors (Lipinski definition) is 2. The van der Waals surface area contributed by atoms with Crippen LogP contribution in [0.25, 0.3) is 0 Å². The van der Waals surface area contributed by atoms with Gasteiger partial charge in [0.05, 0.1) is 26.0 Å². The zero-order valence-electron chi connectivity index (χ0n) is 17.2. The molecule has 0 fully saturated rings. The number of rotatable bonds is 10. The fraction of sp³-hybridized carbons (Fsp3) is 0.500. The van der Waals surface area contributed by atoms with E-state index in [1.807, 2.05) is 30.8 Å². The summed E-state index contributed by atoms with van der Waals surface area (Å²) in [6.07, 6.45) is 3.74. The van der Waals surface area contributed by atoms with Crippen molar-refractivity contribution in [2.24, 2.45) is 12.0 Å². The van der Waals surface area contributed by atoms with Gasteiger partial charge in [0.15, 0.2) is 17.5 Å². The molecule has 1 aromatic carbocycles. The van der Waals surface area contributed by atoms with Crippen molar-refractivity contribution >= 4 is 29.9 Å². The zero-order valence-corrected chi connectivity index (χ0v) is 19.5. The van der Waals surface area contributed by atoms with Crippen LogP contribution < -0.4 is 20.1 Å². The predicted octanol–water partition coefficient (Wildman–Crippen LogP) is 3.13. The number of nitrogens with zero attached hydrogens (tertiary/aromatic N) is 3. The van der Waals surface area contributed by atoms with Crippen LogP contribution in [0, 0.1) is 0 Å². The number of aryl methyl sites for hydroxylation is 2. The second kappa shape index (κ2) is 13.2. The first-order valence-electron chi connectivity index (χ1n) is 9.46. The Hall–Kier alpha value is -1.97. The highest BCUT2D eigenvalue weighted by Gasteiger charge is 2.06. The lowest BCUT2D eigenvalue weighted by atomic mass is 10.1. The average Bonchev–Trinajstić information content (AvgIpc) is 3.08. The molecule has 2 N–H and O–H groups in total. The van der Waals surface area contributed by atoms with Gasteiger partial charge in [-0.15, -0.1) is 24.0 Å². The quantitative estimate of drug-likeness (QED) is 0.227.